The molecule has 0 aliphatic rings. The van der Waals surface area contributed by atoms with E-state index in [2.05, 4.69) is 112 Å². The molecule has 138 valence electrons. The molecule has 0 bridgehead atoms. The first-order valence-corrected chi connectivity index (χ1v) is 9.51. The highest BCUT2D eigenvalue weighted by atomic mass is 15.1. The molecule has 0 atom stereocenters. The Hall–Kier alpha value is -3.47. The second kappa shape index (κ2) is 6.60. The molecule has 0 aliphatic heterocycles. The molecule has 0 N–H and O–H groups in total. The van der Waals surface area contributed by atoms with Crippen molar-refractivity contribution in [2.45, 2.75) is 13.1 Å². The predicted octanol–water partition coefficient (Wildman–Crippen LogP) is 2.74. The smallest absolute Gasteiger partial charge is 0.244 e. The number of benzene rings is 2. The molecule has 28 heavy (non-hydrogen) atoms. The van der Waals surface area contributed by atoms with Gasteiger partial charge in [-0.3, -0.25) is 0 Å². The van der Waals surface area contributed by atoms with E-state index >= 15 is 0 Å². The number of aryl methyl sites for hydroxylation is 2. The van der Waals surface area contributed by atoms with Crippen LogP contribution < -0.4 is 9.13 Å². The summed E-state index contributed by atoms with van der Waals surface area (Å²) >= 11 is 0. The van der Waals surface area contributed by atoms with E-state index in [1.165, 1.54) is 22.1 Å². The van der Waals surface area contributed by atoms with E-state index in [1.54, 1.807) is 0 Å². The maximum Gasteiger partial charge on any atom is 0.244 e. The van der Waals surface area contributed by atoms with Crippen LogP contribution in [0.25, 0.3) is 22.1 Å². The standard InChI is InChI=1S/C23H23N5/c1-25-16-27(22-12-5-3-10-20(22)25)14-18-8-7-9-19(24-18)15-28-17-26(2)21-11-4-6-13-23(21)28/h3-13,16-17H,14-15H2,1-2H3/q+2. The highest BCUT2D eigenvalue weighted by Crippen LogP contribution is 2.14. The van der Waals surface area contributed by atoms with Crippen LogP contribution in [0.5, 0.6) is 0 Å². The third-order valence-corrected chi connectivity index (χ3v) is 5.30. The van der Waals surface area contributed by atoms with Gasteiger partial charge in [0.25, 0.3) is 0 Å². The van der Waals surface area contributed by atoms with Gasteiger partial charge in [-0.15, -0.1) is 0 Å². The molecule has 0 amide bonds. The lowest BCUT2D eigenvalue weighted by atomic mass is 10.2. The Kier molecular flexibility index (Phi) is 3.93. The third-order valence-electron chi connectivity index (χ3n) is 5.30. The van der Waals surface area contributed by atoms with Gasteiger partial charge in [0, 0.05) is 0 Å². The van der Waals surface area contributed by atoms with E-state index in [1.807, 2.05) is 0 Å². The summed E-state index contributed by atoms with van der Waals surface area (Å²) in [5, 5.41) is 0. The first-order valence-electron chi connectivity index (χ1n) is 9.51. The van der Waals surface area contributed by atoms with Gasteiger partial charge < -0.3 is 0 Å². The van der Waals surface area contributed by atoms with Crippen LogP contribution in [-0.4, -0.2) is 14.1 Å². The van der Waals surface area contributed by atoms with Gasteiger partial charge in [-0.05, 0) is 36.4 Å². The van der Waals surface area contributed by atoms with Gasteiger partial charge in [-0.1, -0.05) is 30.3 Å². The largest absolute Gasteiger partial charge is 0.250 e. The van der Waals surface area contributed by atoms with Gasteiger partial charge in [0.1, 0.15) is 13.1 Å². The summed E-state index contributed by atoms with van der Waals surface area (Å²) in [6, 6.07) is 23.2. The molecule has 5 aromatic rings. The molecule has 0 aliphatic carbocycles. The van der Waals surface area contributed by atoms with E-state index < -0.39 is 0 Å². The highest BCUT2D eigenvalue weighted by molar-refractivity contribution is 5.72. The molecule has 0 unspecified atom stereocenters. The molecule has 0 fully saturated rings. The number of fused-ring (bicyclic) bond motifs is 2. The SMILES string of the molecule is C[n+]1cn(Cc2cccc(Cn3c[n+](C)c4ccccc43)n2)c2ccccc21. The van der Waals surface area contributed by atoms with E-state index in [9.17, 15) is 0 Å². The second-order valence-electron chi connectivity index (χ2n) is 7.31. The molecule has 0 saturated heterocycles. The fraction of sp³-hybridized carbons (Fsp3) is 0.174. The molecule has 3 heterocycles. The van der Waals surface area contributed by atoms with Crippen LogP contribution in [0, 0.1) is 0 Å². The van der Waals surface area contributed by atoms with Crippen LogP contribution in [0.15, 0.2) is 79.4 Å². The Labute approximate surface area is 163 Å². The molecule has 5 heteroatoms. The normalized spacial score (nSPS) is 11.5. The lowest BCUT2D eigenvalue weighted by Gasteiger charge is -2.03. The van der Waals surface area contributed by atoms with Crippen LogP contribution >= 0.6 is 0 Å². The van der Waals surface area contributed by atoms with Crippen LogP contribution in [0.1, 0.15) is 11.4 Å². The average Bonchev–Trinajstić information content (AvgIpc) is 3.20. The molecule has 5 nitrogen and oxygen atoms in total. The number of nitrogens with zero attached hydrogens (tertiary/aromatic N) is 5. The number of aromatic nitrogens is 5. The Bertz CT molecular complexity index is 1200. The van der Waals surface area contributed by atoms with Crippen molar-refractivity contribution in [2.24, 2.45) is 14.1 Å². The molecular formula is C23H23N5+2. The second-order valence-corrected chi connectivity index (χ2v) is 7.31. The van der Waals surface area contributed by atoms with Gasteiger partial charge in [0.2, 0.25) is 12.7 Å². The number of hydrogen-bond acceptors (Lipinski definition) is 1. The van der Waals surface area contributed by atoms with Crippen molar-refractivity contribution >= 4 is 22.1 Å². The maximum atomic E-state index is 4.94. The van der Waals surface area contributed by atoms with Gasteiger partial charge in [-0.25, -0.2) is 23.3 Å². The zero-order valence-electron chi connectivity index (χ0n) is 16.2. The van der Waals surface area contributed by atoms with E-state index in [0.717, 1.165) is 24.5 Å². The summed E-state index contributed by atoms with van der Waals surface area (Å²) in [6.45, 7) is 1.52. The van der Waals surface area contributed by atoms with E-state index in [0.29, 0.717) is 0 Å². The van der Waals surface area contributed by atoms with Crippen molar-refractivity contribution in [2.75, 3.05) is 0 Å². The Morgan fingerprint density at radius 3 is 1.61 bits per heavy atom. The van der Waals surface area contributed by atoms with Crippen molar-refractivity contribution in [3.63, 3.8) is 0 Å². The van der Waals surface area contributed by atoms with Crippen molar-refractivity contribution < 1.29 is 9.13 Å². The lowest BCUT2D eigenvalue weighted by Crippen LogP contribution is -2.25. The van der Waals surface area contributed by atoms with Crippen LogP contribution in [0.4, 0.5) is 0 Å². The molecule has 0 spiro atoms. The molecule has 0 saturated carbocycles. The summed E-state index contributed by atoms with van der Waals surface area (Å²) < 4.78 is 8.83. The summed E-state index contributed by atoms with van der Waals surface area (Å²) in [7, 11) is 4.17. The number of para-hydroxylation sites is 4. The first kappa shape index (κ1) is 16.7. The predicted molar refractivity (Wildman–Crippen MR) is 109 cm³/mol. The lowest BCUT2D eigenvalue weighted by molar-refractivity contribution is -0.645. The number of rotatable bonds is 4. The Morgan fingerprint density at radius 2 is 1.11 bits per heavy atom. The van der Waals surface area contributed by atoms with Gasteiger partial charge >= 0.3 is 0 Å². The van der Waals surface area contributed by atoms with Crippen molar-refractivity contribution in [1.82, 2.24) is 14.1 Å². The fourth-order valence-electron chi connectivity index (χ4n) is 3.98. The number of imidazole rings is 2. The van der Waals surface area contributed by atoms with Gasteiger partial charge in [-0.2, -0.15) is 0 Å². The summed E-state index contributed by atoms with van der Waals surface area (Å²) in [5.74, 6) is 0. The number of pyridine rings is 1. The molecule has 3 aromatic heterocycles. The molecule has 0 radical (unpaired) electrons. The topological polar surface area (TPSA) is 30.5 Å². The van der Waals surface area contributed by atoms with Crippen molar-refractivity contribution in [3.8, 4) is 0 Å². The molecule has 5 rings (SSSR count). The molecular weight excluding hydrogens is 346 g/mol. The third kappa shape index (κ3) is 2.85. The quantitative estimate of drug-likeness (QED) is 0.448. The monoisotopic (exact) mass is 369 g/mol. The average molecular weight is 369 g/mol. The Morgan fingerprint density at radius 1 is 0.643 bits per heavy atom. The highest BCUT2D eigenvalue weighted by Gasteiger charge is 2.15. The first-order chi connectivity index (χ1) is 13.7. The van der Waals surface area contributed by atoms with Gasteiger partial charge in [0.15, 0.2) is 22.1 Å². The number of hydrogen-bond donors (Lipinski definition) is 0. The maximum absolute atomic E-state index is 4.94. The van der Waals surface area contributed by atoms with E-state index in [4.69, 9.17) is 4.98 Å². The summed E-state index contributed by atoms with van der Waals surface area (Å²) in [5.41, 5.74) is 7.04. The van der Waals surface area contributed by atoms with Crippen LogP contribution in [0.2, 0.25) is 0 Å². The van der Waals surface area contributed by atoms with Crippen molar-refractivity contribution in [1.29, 1.82) is 0 Å². The summed E-state index contributed by atoms with van der Waals surface area (Å²) in [4.78, 5) is 4.94. The fourth-order valence-corrected chi connectivity index (χ4v) is 3.98. The van der Waals surface area contributed by atoms with Gasteiger partial charge in [0.05, 0.1) is 25.5 Å². The zero-order chi connectivity index (χ0) is 19.1. The van der Waals surface area contributed by atoms with Crippen LogP contribution in [-0.2, 0) is 27.2 Å². The minimum Gasteiger partial charge on any atom is -0.250 e. The van der Waals surface area contributed by atoms with E-state index in [-0.39, 0.29) is 0 Å². The summed E-state index contributed by atoms with van der Waals surface area (Å²) in [6.07, 6.45) is 4.27. The van der Waals surface area contributed by atoms with Crippen LogP contribution in [0.3, 0.4) is 0 Å². The zero-order valence-corrected chi connectivity index (χ0v) is 16.2. The Balaban J connectivity index is 1.46. The minimum absolute atomic E-state index is 0.759. The minimum atomic E-state index is 0.759. The molecule has 2 aromatic carbocycles. The van der Waals surface area contributed by atoms with Crippen molar-refractivity contribution in [3.05, 3.63) is 90.8 Å².